The van der Waals surface area contributed by atoms with E-state index in [-0.39, 0.29) is 6.01 Å². The zero-order chi connectivity index (χ0) is 17.6. The number of alkyl carbamates (subject to hydrolysis) is 1. The summed E-state index contributed by atoms with van der Waals surface area (Å²) in [6, 6.07) is 7.95. The van der Waals surface area contributed by atoms with Crippen molar-refractivity contribution < 1.29 is 13.9 Å². The quantitative estimate of drug-likeness (QED) is 0.740. The van der Waals surface area contributed by atoms with Gasteiger partial charge in [-0.25, -0.2) is 4.79 Å². The molecule has 0 radical (unpaired) electrons. The van der Waals surface area contributed by atoms with Gasteiger partial charge in [0.1, 0.15) is 5.60 Å². The molecule has 0 bridgehead atoms. The number of hydrogen-bond acceptors (Lipinski definition) is 7. The van der Waals surface area contributed by atoms with Gasteiger partial charge in [-0.2, -0.15) is 0 Å². The van der Waals surface area contributed by atoms with E-state index in [2.05, 4.69) is 20.8 Å². The Morgan fingerprint density at radius 1 is 1.12 bits per heavy atom. The predicted octanol–water partition coefficient (Wildman–Crippen LogP) is 1.97. The lowest BCUT2D eigenvalue weighted by atomic mass is 10.1. The number of aromatic nitrogens is 2. The molecule has 0 aliphatic carbocycles. The summed E-state index contributed by atoms with van der Waals surface area (Å²) in [4.78, 5) is 11.6. The molecule has 0 aliphatic rings. The summed E-state index contributed by atoms with van der Waals surface area (Å²) in [5.41, 5.74) is 6.95. The number of hydrogen-bond donors (Lipinski definition) is 3. The third-order valence-electron chi connectivity index (χ3n) is 2.95. The number of anilines is 1. The van der Waals surface area contributed by atoms with Crippen LogP contribution in [0.2, 0.25) is 0 Å². The fourth-order valence-electron chi connectivity index (χ4n) is 1.92. The van der Waals surface area contributed by atoms with Crippen LogP contribution < -0.4 is 16.4 Å². The summed E-state index contributed by atoms with van der Waals surface area (Å²) in [6.07, 6.45) is -0.424. The first-order valence-corrected chi connectivity index (χ1v) is 7.65. The van der Waals surface area contributed by atoms with E-state index in [1.54, 1.807) is 0 Å². The summed E-state index contributed by atoms with van der Waals surface area (Å²) in [5.74, 6) is 0.450. The lowest BCUT2D eigenvalue weighted by Crippen LogP contribution is -2.32. The molecule has 2 aromatic rings. The number of carbonyl (C=O) groups is 1. The van der Waals surface area contributed by atoms with E-state index >= 15 is 0 Å². The number of nitrogens with one attached hydrogen (secondary N) is 2. The van der Waals surface area contributed by atoms with Crippen LogP contribution in [0.5, 0.6) is 0 Å². The van der Waals surface area contributed by atoms with Gasteiger partial charge in [0, 0.05) is 13.1 Å². The molecule has 8 heteroatoms. The summed E-state index contributed by atoms with van der Waals surface area (Å²) in [6.45, 7) is 7.02. The highest BCUT2D eigenvalue weighted by Gasteiger charge is 2.15. The fourth-order valence-corrected chi connectivity index (χ4v) is 1.92. The Kier molecular flexibility index (Phi) is 5.75. The van der Waals surface area contributed by atoms with Crippen LogP contribution in [0.3, 0.4) is 0 Å². The molecule has 1 heterocycles. The summed E-state index contributed by atoms with van der Waals surface area (Å²) < 4.78 is 10.3. The number of ether oxygens (including phenoxy) is 1. The molecule has 1 amide bonds. The summed E-state index contributed by atoms with van der Waals surface area (Å²) in [5, 5.41) is 13.3. The van der Waals surface area contributed by atoms with Crippen molar-refractivity contribution in [2.45, 2.75) is 46.0 Å². The van der Waals surface area contributed by atoms with Crippen LogP contribution in [0.4, 0.5) is 10.8 Å². The monoisotopic (exact) mass is 333 g/mol. The molecular formula is C16H23N5O3. The minimum absolute atomic E-state index is 0.0636. The van der Waals surface area contributed by atoms with Crippen molar-refractivity contribution in [3.05, 3.63) is 41.3 Å². The number of benzene rings is 1. The molecule has 0 atom stereocenters. The molecule has 130 valence electrons. The van der Waals surface area contributed by atoms with E-state index < -0.39 is 11.7 Å². The van der Waals surface area contributed by atoms with Crippen LogP contribution in [0, 0.1) is 0 Å². The molecule has 4 N–H and O–H groups in total. The van der Waals surface area contributed by atoms with Gasteiger partial charge in [0.15, 0.2) is 0 Å². The van der Waals surface area contributed by atoms with Gasteiger partial charge in [-0.05, 0) is 31.9 Å². The van der Waals surface area contributed by atoms with E-state index in [4.69, 9.17) is 14.9 Å². The smallest absolute Gasteiger partial charge is 0.407 e. The molecule has 0 saturated heterocycles. The second-order valence-electron chi connectivity index (χ2n) is 6.31. The third-order valence-corrected chi connectivity index (χ3v) is 2.95. The van der Waals surface area contributed by atoms with E-state index in [9.17, 15) is 4.79 Å². The molecule has 24 heavy (non-hydrogen) atoms. The number of rotatable bonds is 6. The van der Waals surface area contributed by atoms with Crippen molar-refractivity contribution in [3.63, 3.8) is 0 Å². The first kappa shape index (κ1) is 17.7. The zero-order valence-electron chi connectivity index (χ0n) is 14.1. The van der Waals surface area contributed by atoms with Crippen molar-refractivity contribution in [1.82, 2.24) is 20.8 Å². The number of carbonyl (C=O) groups excluding carboxylic acids is 1. The van der Waals surface area contributed by atoms with Crippen molar-refractivity contribution in [1.29, 1.82) is 0 Å². The van der Waals surface area contributed by atoms with Crippen LogP contribution in [0.25, 0.3) is 0 Å². The van der Waals surface area contributed by atoms with E-state index in [0.717, 1.165) is 11.1 Å². The second kappa shape index (κ2) is 7.78. The van der Waals surface area contributed by atoms with Gasteiger partial charge in [-0.1, -0.05) is 29.4 Å². The third kappa shape index (κ3) is 6.25. The molecule has 2 rings (SSSR count). The van der Waals surface area contributed by atoms with Gasteiger partial charge in [-0.3, -0.25) is 0 Å². The van der Waals surface area contributed by atoms with Gasteiger partial charge >= 0.3 is 12.1 Å². The van der Waals surface area contributed by atoms with E-state index in [1.165, 1.54) is 0 Å². The second-order valence-corrected chi connectivity index (χ2v) is 6.31. The standard InChI is InChI=1S/C16H23N5O3/c1-16(2,3)24-15(22)19-9-12-6-4-11(5-7-12)8-18-10-13-20-21-14(17)23-13/h4-7,18H,8-10H2,1-3H3,(H2,17,21)(H,19,22). The number of nitrogens with zero attached hydrogens (tertiary/aromatic N) is 2. The maximum atomic E-state index is 11.6. The maximum Gasteiger partial charge on any atom is 0.407 e. The predicted molar refractivity (Wildman–Crippen MR) is 88.8 cm³/mol. The summed E-state index contributed by atoms with van der Waals surface area (Å²) in [7, 11) is 0. The normalized spacial score (nSPS) is 11.3. The first-order chi connectivity index (χ1) is 11.3. The molecule has 1 aromatic carbocycles. The van der Waals surface area contributed by atoms with Crippen molar-refractivity contribution in [3.8, 4) is 0 Å². The Labute approximate surface area is 140 Å². The zero-order valence-corrected chi connectivity index (χ0v) is 14.1. The highest BCUT2D eigenvalue weighted by molar-refractivity contribution is 5.67. The number of amides is 1. The lowest BCUT2D eigenvalue weighted by molar-refractivity contribution is 0.0523. The van der Waals surface area contributed by atoms with Gasteiger partial charge in [0.25, 0.3) is 0 Å². The molecular weight excluding hydrogens is 310 g/mol. The first-order valence-electron chi connectivity index (χ1n) is 7.65. The SMILES string of the molecule is CC(C)(C)OC(=O)NCc1ccc(CNCc2nnc(N)o2)cc1. The summed E-state index contributed by atoms with van der Waals surface area (Å²) >= 11 is 0. The number of nitrogen functional groups attached to an aromatic ring is 1. The van der Waals surface area contributed by atoms with Gasteiger partial charge < -0.3 is 25.5 Å². The Morgan fingerprint density at radius 2 is 1.75 bits per heavy atom. The van der Waals surface area contributed by atoms with Gasteiger partial charge in [0.2, 0.25) is 5.89 Å². The average Bonchev–Trinajstić information content (AvgIpc) is 2.90. The molecule has 0 saturated carbocycles. The van der Waals surface area contributed by atoms with Gasteiger partial charge in [0.05, 0.1) is 6.54 Å². The Morgan fingerprint density at radius 3 is 2.29 bits per heavy atom. The van der Waals surface area contributed by atoms with Crippen LogP contribution in [0.15, 0.2) is 28.7 Å². The Hall–Kier alpha value is -2.61. The van der Waals surface area contributed by atoms with Crippen molar-refractivity contribution in [2.75, 3.05) is 5.73 Å². The average molecular weight is 333 g/mol. The molecule has 0 fully saturated rings. The van der Waals surface area contributed by atoms with Crippen molar-refractivity contribution in [2.24, 2.45) is 0 Å². The largest absolute Gasteiger partial charge is 0.444 e. The van der Waals surface area contributed by atoms with Crippen LogP contribution in [-0.4, -0.2) is 21.9 Å². The minimum atomic E-state index is -0.497. The van der Waals surface area contributed by atoms with Crippen molar-refractivity contribution >= 4 is 12.1 Å². The molecule has 0 aliphatic heterocycles. The molecule has 0 spiro atoms. The van der Waals surface area contributed by atoms with Crippen LogP contribution in [0.1, 0.15) is 37.8 Å². The minimum Gasteiger partial charge on any atom is -0.444 e. The number of nitrogens with two attached hydrogens (primary N) is 1. The van der Waals surface area contributed by atoms with Crippen LogP contribution >= 0.6 is 0 Å². The highest BCUT2D eigenvalue weighted by Crippen LogP contribution is 2.08. The Balaban J connectivity index is 1.73. The topological polar surface area (TPSA) is 115 Å². The molecule has 8 nitrogen and oxygen atoms in total. The molecule has 1 aromatic heterocycles. The Bertz CT molecular complexity index is 661. The van der Waals surface area contributed by atoms with Crippen LogP contribution in [-0.2, 0) is 24.4 Å². The highest BCUT2D eigenvalue weighted by atomic mass is 16.6. The van der Waals surface area contributed by atoms with E-state index in [0.29, 0.717) is 25.5 Å². The molecule has 0 unspecified atom stereocenters. The lowest BCUT2D eigenvalue weighted by Gasteiger charge is -2.19. The fraction of sp³-hybridized carbons (Fsp3) is 0.438. The van der Waals surface area contributed by atoms with Gasteiger partial charge in [-0.15, -0.1) is 5.10 Å². The maximum absolute atomic E-state index is 11.6. The van der Waals surface area contributed by atoms with E-state index in [1.807, 2.05) is 45.0 Å².